The van der Waals surface area contributed by atoms with E-state index in [2.05, 4.69) is 4.72 Å². The lowest BCUT2D eigenvalue weighted by molar-refractivity contribution is 0.272. The van der Waals surface area contributed by atoms with Crippen molar-refractivity contribution in [1.82, 2.24) is 0 Å². The van der Waals surface area contributed by atoms with Gasteiger partial charge in [0.05, 0.1) is 24.2 Å². The Kier molecular flexibility index (Phi) is 4.22. The van der Waals surface area contributed by atoms with Gasteiger partial charge in [-0.25, -0.2) is 8.42 Å². The van der Waals surface area contributed by atoms with Crippen LogP contribution in [0.5, 0.6) is 5.75 Å². The Labute approximate surface area is 102 Å². The fourth-order valence-electron chi connectivity index (χ4n) is 1.21. The lowest BCUT2D eigenvalue weighted by atomic mass is 10.2. The van der Waals surface area contributed by atoms with E-state index in [1.807, 2.05) is 13.8 Å². The Bertz CT molecular complexity index is 483. The normalized spacial score (nSPS) is 11.5. The Hall–Kier alpha value is -1.43. The van der Waals surface area contributed by atoms with Gasteiger partial charge < -0.3 is 10.5 Å². The second-order valence-corrected chi connectivity index (χ2v) is 6.08. The quantitative estimate of drug-likeness (QED) is 0.787. The minimum atomic E-state index is -3.28. The van der Waals surface area contributed by atoms with Crippen LogP contribution in [0.3, 0.4) is 0 Å². The number of nitrogens with one attached hydrogen (secondary N) is 1. The van der Waals surface area contributed by atoms with Crippen LogP contribution in [0, 0.1) is 5.92 Å². The molecule has 0 aliphatic carbocycles. The number of sulfonamides is 1. The SMILES string of the molecule is CC(C)COc1ccc(NS(C)(=O)=O)cc1N. The lowest BCUT2D eigenvalue weighted by Gasteiger charge is -2.12. The topological polar surface area (TPSA) is 81.4 Å². The molecule has 0 fully saturated rings. The molecular weight excluding hydrogens is 240 g/mol. The Morgan fingerprint density at radius 1 is 1.41 bits per heavy atom. The average Bonchev–Trinajstić information content (AvgIpc) is 2.13. The predicted octanol–water partition coefficient (Wildman–Crippen LogP) is 1.68. The largest absolute Gasteiger partial charge is 0.491 e. The highest BCUT2D eigenvalue weighted by molar-refractivity contribution is 7.92. The van der Waals surface area contributed by atoms with E-state index in [1.165, 1.54) is 6.07 Å². The van der Waals surface area contributed by atoms with Gasteiger partial charge in [0.2, 0.25) is 10.0 Å². The third-order valence-corrected chi connectivity index (χ3v) is 2.49. The molecule has 0 atom stereocenters. The maximum Gasteiger partial charge on any atom is 0.229 e. The third-order valence-electron chi connectivity index (χ3n) is 1.89. The molecule has 0 radical (unpaired) electrons. The number of ether oxygens (including phenoxy) is 1. The van der Waals surface area contributed by atoms with Crippen LogP contribution in [0.2, 0.25) is 0 Å². The van der Waals surface area contributed by atoms with E-state index < -0.39 is 10.0 Å². The van der Waals surface area contributed by atoms with Crippen molar-refractivity contribution in [3.05, 3.63) is 18.2 Å². The van der Waals surface area contributed by atoms with Gasteiger partial charge in [-0.05, 0) is 24.1 Å². The van der Waals surface area contributed by atoms with E-state index in [9.17, 15) is 8.42 Å². The van der Waals surface area contributed by atoms with Crippen LogP contribution in [-0.4, -0.2) is 21.3 Å². The van der Waals surface area contributed by atoms with Crippen molar-refractivity contribution in [2.75, 3.05) is 23.3 Å². The highest BCUT2D eigenvalue weighted by Gasteiger charge is 2.06. The molecule has 0 bridgehead atoms. The van der Waals surface area contributed by atoms with Gasteiger partial charge in [-0.3, -0.25) is 4.72 Å². The first-order valence-corrected chi connectivity index (χ1v) is 7.17. The number of anilines is 2. The van der Waals surface area contributed by atoms with Crippen LogP contribution in [0.4, 0.5) is 11.4 Å². The molecule has 0 amide bonds. The maximum atomic E-state index is 11.0. The van der Waals surface area contributed by atoms with Gasteiger partial charge >= 0.3 is 0 Å². The first kappa shape index (κ1) is 13.6. The molecule has 1 aromatic rings. The number of hydrogen-bond acceptors (Lipinski definition) is 4. The number of hydrogen-bond donors (Lipinski definition) is 2. The average molecular weight is 258 g/mol. The van der Waals surface area contributed by atoms with Crippen molar-refractivity contribution >= 4 is 21.4 Å². The highest BCUT2D eigenvalue weighted by atomic mass is 32.2. The van der Waals surface area contributed by atoms with E-state index >= 15 is 0 Å². The Morgan fingerprint density at radius 3 is 2.53 bits per heavy atom. The summed E-state index contributed by atoms with van der Waals surface area (Å²) in [7, 11) is -3.28. The minimum absolute atomic E-state index is 0.406. The van der Waals surface area contributed by atoms with Gasteiger partial charge in [-0.15, -0.1) is 0 Å². The van der Waals surface area contributed by atoms with E-state index in [0.29, 0.717) is 29.6 Å². The van der Waals surface area contributed by atoms with Crippen LogP contribution >= 0.6 is 0 Å². The van der Waals surface area contributed by atoms with Crippen LogP contribution in [0.15, 0.2) is 18.2 Å². The molecular formula is C11H18N2O3S. The molecule has 0 spiro atoms. The van der Waals surface area contributed by atoms with Crippen molar-refractivity contribution in [1.29, 1.82) is 0 Å². The Balaban J connectivity index is 2.79. The fraction of sp³-hybridized carbons (Fsp3) is 0.455. The summed E-state index contributed by atoms with van der Waals surface area (Å²) < 4.78 is 29.9. The molecule has 0 heterocycles. The third kappa shape index (κ3) is 4.95. The minimum Gasteiger partial charge on any atom is -0.491 e. The second-order valence-electron chi connectivity index (χ2n) is 4.33. The summed E-state index contributed by atoms with van der Waals surface area (Å²) in [6, 6.07) is 4.81. The van der Waals surface area contributed by atoms with Crippen molar-refractivity contribution in [2.45, 2.75) is 13.8 Å². The first-order chi connectivity index (χ1) is 7.78. The van der Waals surface area contributed by atoms with E-state index in [0.717, 1.165) is 6.26 Å². The number of nitrogens with two attached hydrogens (primary N) is 1. The molecule has 3 N–H and O–H groups in total. The van der Waals surface area contributed by atoms with Gasteiger partial charge in [0.25, 0.3) is 0 Å². The summed E-state index contributed by atoms with van der Waals surface area (Å²) in [6.45, 7) is 4.65. The molecule has 0 saturated carbocycles. The van der Waals surface area contributed by atoms with E-state index in [-0.39, 0.29) is 0 Å². The molecule has 96 valence electrons. The van der Waals surface area contributed by atoms with Crippen LogP contribution in [0.1, 0.15) is 13.8 Å². The molecule has 17 heavy (non-hydrogen) atoms. The fourth-order valence-corrected chi connectivity index (χ4v) is 1.77. The molecule has 1 aromatic carbocycles. The summed E-state index contributed by atoms with van der Waals surface area (Å²) in [5, 5.41) is 0. The second kappa shape index (κ2) is 5.27. The summed E-state index contributed by atoms with van der Waals surface area (Å²) >= 11 is 0. The van der Waals surface area contributed by atoms with Crippen molar-refractivity contribution in [3.8, 4) is 5.75 Å². The van der Waals surface area contributed by atoms with Crippen molar-refractivity contribution in [2.24, 2.45) is 5.92 Å². The smallest absolute Gasteiger partial charge is 0.229 e. The molecule has 0 aliphatic heterocycles. The number of nitrogen functional groups attached to an aromatic ring is 1. The molecule has 6 heteroatoms. The maximum absolute atomic E-state index is 11.0. The van der Waals surface area contributed by atoms with Gasteiger partial charge in [-0.2, -0.15) is 0 Å². The van der Waals surface area contributed by atoms with Gasteiger partial charge in [-0.1, -0.05) is 13.8 Å². The van der Waals surface area contributed by atoms with E-state index in [1.54, 1.807) is 12.1 Å². The van der Waals surface area contributed by atoms with Gasteiger partial charge in [0.1, 0.15) is 5.75 Å². The summed E-state index contributed by atoms with van der Waals surface area (Å²) in [5.74, 6) is 0.973. The van der Waals surface area contributed by atoms with Crippen LogP contribution in [0.25, 0.3) is 0 Å². The summed E-state index contributed by atoms with van der Waals surface area (Å²) in [5.41, 5.74) is 6.61. The molecule has 0 unspecified atom stereocenters. The number of benzene rings is 1. The number of rotatable bonds is 5. The van der Waals surface area contributed by atoms with Crippen LogP contribution in [-0.2, 0) is 10.0 Å². The van der Waals surface area contributed by atoms with Crippen molar-refractivity contribution < 1.29 is 13.2 Å². The standard InChI is InChI=1S/C11H18N2O3S/c1-8(2)7-16-11-5-4-9(6-10(11)12)13-17(3,14)15/h4-6,8,13H,7,12H2,1-3H3. The highest BCUT2D eigenvalue weighted by Crippen LogP contribution is 2.25. The van der Waals surface area contributed by atoms with Gasteiger partial charge in [0, 0.05) is 0 Å². The zero-order chi connectivity index (χ0) is 13.1. The van der Waals surface area contributed by atoms with Crippen LogP contribution < -0.4 is 15.2 Å². The molecule has 0 aromatic heterocycles. The Morgan fingerprint density at radius 2 is 2.06 bits per heavy atom. The molecule has 0 saturated heterocycles. The summed E-state index contributed by atoms with van der Waals surface area (Å²) in [6.07, 6.45) is 1.09. The monoisotopic (exact) mass is 258 g/mol. The lowest BCUT2D eigenvalue weighted by Crippen LogP contribution is -2.10. The van der Waals surface area contributed by atoms with E-state index in [4.69, 9.17) is 10.5 Å². The first-order valence-electron chi connectivity index (χ1n) is 5.28. The zero-order valence-corrected chi connectivity index (χ0v) is 11.0. The predicted molar refractivity (Wildman–Crippen MR) is 69.7 cm³/mol. The zero-order valence-electron chi connectivity index (χ0n) is 10.2. The van der Waals surface area contributed by atoms with Crippen molar-refractivity contribution in [3.63, 3.8) is 0 Å². The molecule has 5 nitrogen and oxygen atoms in total. The molecule has 1 rings (SSSR count). The molecule has 0 aliphatic rings. The van der Waals surface area contributed by atoms with Gasteiger partial charge in [0.15, 0.2) is 0 Å². The summed E-state index contributed by atoms with van der Waals surface area (Å²) in [4.78, 5) is 0.